The van der Waals surface area contributed by atoms with Crippen molar-refractivity contribution in [1.82, 2.24) is 15.0 Å². The molecular formula is C13H12N4S. The predicted molar refractivity (Wildman–Crippen MR) is 74.9 cm³/mol. The van der Waals surface area contributed by atoms with E-state index in [0.717, 1.165) is 27.4 Å². The van der Waals surface area contributed by atoms with Crippen molar-refractivity contribution in [3.05, 3.63) is 35.5 Å². The second-order valence-corrected chi connectivity index (χ2v) is 4.87. The number of benzene rings is 1. The van der Waals surface area contributed by atoms with Crippen molar-refractivity contribution in [3.8, 4) is 10.7 Å². The number of hydrogen-bond donors (Lipinski definition) is 1. The molecule has 3 rings (SSSR count). The number of anilines is 1. The van der Waals surface area contributed by atoms with Gasteiger partial charge in [0.25, 0.3) is 0 Å². The molecule has 1 aromatic carbocycles. The van der Waals surface area contributed by atoms with E-state index >= 15 is 0 Å². The van der Waals surface area contributed by atoms with Gasteiger partial charge in [-0.1, -0.05) is 12.1 Å². The van der Waals surface area contributed by atoms with E-state index in [1.165, 1.54) is 5.56 Å². The summed E-state index contributed by atoms with van der Waals surface area (Å²) < 4.78 is 0. The van der Waals surface area contributed by atoms with Crippen LogP contribution in [0.1, 0.15) is 5.56 Å². The van der Waals surface area contributed by atoms with Crippen molar-refractivity contribution in [1.29, 1.82) is 0 Å². The summed E-state index contributed by atoms with van der Waals surface area (Å²) in [7, 11) is 1.88. The summed E-state index contributed by atoms with van der Waals surface area (Å²) >= 11 is 1.54. The first-order valence-corrected chi connectivity index (χ1v) is 6.51. The van der Waals surface area contributed by atoms with Gasteiger partial charge in [0.05, 0.1) is 15.9 Å². The molecule has 0 aliphatic carbocycles. The number of hydrogen-bond acceptors (Lipinski definition) is 5. The molecule has 0 amide bonds. The second-order valence-electron chi connectivity index (χ2n) is 3.98. The third-order valence-corrected chi connectivity index (χ3v) is 3.59. The predicted octanol–water partition coefficient (Wildman–Crippen LogP) is 3.10. The lowest BCUT2D eigenvalue weighted by Gasteiger charge is -2.09. The number of nitrogens with one attached hydrogen (secondary N) is 1. The van der Waals surface area contributed by atoms with Crippen LogP contribution in [0.15, 0.2) is 29.9 Å². The molecular weight excluding hydrogens is 244 g/mol. The number of fused-ring (bicyclic) bond motifs is 1. The summed E-state index contributed by atoms with van der Waals surface area (Å²) in [6.45, 7) is 2.07. The van der Waals surface area contributed by atoms with Crippen LogP contribution in [-0.2, 0) is 0 Å². The summed E-state index contributed by atoms with van der Waals surface area (Å²) in [6, 6.07) is 6.09. The first kappa shape index (κ1) is 11.1. The Hall–Kier alpha value is -2.01. The fraction of sp³-hybridized carbons (Fsp3) is 0.154. The van der Waals surface area contributed by atoms with Crippen LogP contribution < -0.4 is 5.32 Å². The average Bonchev–Trinajstić information content (AvgIpc) is 2.91. The van der Waals surface area contributed by atoms with Crippen molar-refractivity contribution in [3.63, 3.8) is 0 Å². The van der Waals surface area contributed by atoms with Gasteiger partial charge in [-0.15, -0.1) is 11.3 Å². The van der Waals surface area contributed by atoms with Crippen molar-refractivity contribution < 1.29 is 0 Å². The molecule has 3 aromatic rings. The van der Waals surface area contributed by atoms with Gasteiger partial charge in [0, 0.05) is 18.6 Å². The Morgan fingerprint density at radius 3 is 2.83 bits per heavy atom. The van der Waals surface area contributed by atoms with Crippen LogP contribution in [-0.4, -0.2) is 22.0 Å². The molecule has 18 heavy (non-hydrogen) atoms. The summed E-state index contributed by atoms with van der Waals surface area (Å²) in [5.41, 5.74) is 3.92. The molecule has 1 N–H and O–H groups in total. The molecule has 4 nitrogen and oxygen atoms in total. The maximum absolute atomic E-state index is 4.61. The highest BCUT2D eigenvalue weighted by Gasteiger charge is 2.10. The summed E-state index contributed by atoms with van der Waals surface area (Å²) in [4.78, 5) is 14.2. The van der Waals surface area contributed by atoms with Gasteiger partial charge in [-0.25, -0.2) is 9.97 Å². The van der Waals surface area contributed by atoms with Gasteiger partial charge in [-0.2, -0.15) is 0 Å². The highest BCUT2D eigenvalue weighted by atomic mass is 32.1. The lowest BCUT2D eigenvalue weighted by molar-refractivity contribution is 1.21. The molecule has 0 saturated heterocycles. The molecule has 2 aromatic heterocycles. The van der Waals surface area contributed by atoms with Crippen LogP contribution in [0.4, 0.5) is 5.82 Å². The van der Waals surface area contributed by atoms with Gasteiger partial charge in [-0.3, -0.25) is 4.98 Å². The Kier molecular flexibility index (Phi) is 2.68. The monoisotopic (exact) mass is 256 g/mol. The maximum atomic E-state index is 4.61. The van der Waals surface area contributed by atoms with Crippen LogP contribution in [0.3, 0.4) is 0 Å². The van der Waals surface area contributed by atoms with Gasteiger partial charge in [0.1, 0.15) is 5.82 Å². The van der Waals surface area contributed by atoms with Gasteiger partial charge in [0.2, 0.25) is 0 Å². The molecule has 0 bridgehead atoms. The maximum Gasteiger partial charge on any atom is 0.173 e. The zero-order valence-electron chi connectivity index (χ0n) is 10.1. The zero-order valence-corrected chi connectivity index (χ0v) is 11.0. The Balaban J connectivity index is 2.32. The third-order valence-electron chi connectivity index (χ3n) is 2.82. The number of nitrogens with zero attached hydrogens (tertiary/aromatic N) is 3. The van der Waals surface area contributed by atoms with E-state index < -0.39 is 0 Å². The van der Waals surface area contributed by atoms with Gasteiger partial charge >= 0.3 is 0 Å². The Labute approximate surface area is 109 Å². The van der Waals surface area contributed by atoms with Crippen LogP contribution >= 0.6 is 11.3 Å². The quantitative estimate of drug-likeness (QED) is 0.765. The topological polar surface area (TPSA) is 50.7 Å². The van der Waals surface area contributed by atoms with E-state index in [2.05, 4.69) is 33.3 Å². The van der Waals surface area contributed by atoms with Crippen molar-refractivity contribution in [2.75, 3.05) is 12.4 Å². The molecule has 0 atom stereocenters. The minimum absolute atomic E-state index is 0.722. The van der Waals surface area contributed by atoms with Gasteiger partial charge < -0.3 is 5.32 Å². The smallest absolute Gasteiger partial charge is 0.173 e. The Morgan fingerprint density at radius 1 is 1.22 bits per heavy atom. The summed E-state index contributed by atoms with van der Waals surface area (Å²) in [5, 5.41) is 4.22. The molecule has 5 heteroatoms. The van der Waals surface area contributed by atoms with Crippen LogP contribution in [0.5, 0.6) is 0 Å². The SMILES string of the molecule is CNc1nc(-c2cncs2)nc2cccc(C)c12. The molecule has 0 aliphatic rings. The molecule has 90 valence electrons. The van der Waals surface area contributed by atoms with E-state index in [4.69, 9.17) is 0 Å². The molecule has 0 fully saturated rings. The second kappa shape index (κ2) is 4.34. The van der Waals surface area contributed by atoms with Gasteiger partial charge in [-0.05, 0) is 18.6 Å². The third kappa shape index (κ3) is 1.73. The van der Waals surface area contributed by atoms with Crippen LogP contribution in [0.25, 0.3) is 21.6 Å². The van der Waals surface area contributed by atoms with Crippen LogP contribution in [0, 0.1) is 6.92 Å². The van der Waals surface area contributed by atoms with E-state index in [-0.39, 0.29) is 0 Å². The molecule has 0 saturated carbocycles. The molecule has 0 aliphatic heterocycles. The first-order valence-electron chi connectivity index (χ1n) is 5.63. The van der Waals surface area contributed by atoms with Crippen molar-refractivity contribution in [2.24, 2.45) is 0 Å². The standard InChI is InChI=1S/C13H12N4S/c1-8-4-3-5-9-11(8)13(14-2)17-12(16-9)10-6-15-7-18-10/h3-7H,1-2H3,(H,14,16,17). The molecule has 0 unspecified atom stereocenters. The Bertz CT molecular complexity index is 692. The molecule has 0 spiro atoms. The number of aromatic nitrogens is 3. The van der Waals surface area contributed by atoms with Crippen molar-refractivity contribution >= 4 is 28.1 Å². The van der Waals surface area contributed by atoms with E-state index in [0.29, 0.717) is 0 Å². The summed E-state index contributed by atoms with van der Waals surface area (Å²) in [5.74, 6) is 1.58. The molecule has 2 heterocycles. The Morgan fingerprint density at radius 2 is 2.11 bits per heavy atom. The van der Waals surface area contributed by atoms with Crippen LogP contribution in [0.2, 0.25) is 0 Å². The first-order chi connectivity index (χ1) is 8.79. The normalized spacial score (nSPS) is 10.8. The minimum Gasteiger partial charge on any atom is -0.373 e. The average molecular weight is 256 g/mol. The lowest BCUT2D eigenvalue weighted by atomic mass is 10.1. The number of aryl methyl sites for hydroxylation is 1. The number of rotatable bonds is 2. The fourth-order valence-corrected chi connectivity index (χ4v) is 2.53. The van der Waals surface area contributed by atoms with Gasteiger partial charge in [0.15, 0.2) is 5.82 Å². The largest absolute Gasteiger partial charge is 0.373 e. The number of thiazole rings is 1. The minimum atomic E-state index is 0.722. The highest BCUT2D eigenvalue weighted by molar-refractivity contribution is 7.13. The van der Waals surface area contributed by atoms with E-state index in [1.807, 2.05) is 19.2 Å². The highest BCUT2D eigenvalue weighted by Crippen LogP contribution is 2.28. The lowest BCUT2D eigenvalue weighted by Crippen LogP contribution is -1.99. The zero-order chi connectivity index (χ0) is 12.5. The van der Waals surface area contributed by atoms with E-state index in [9.17, 15) is 0 Å². The summed E-state index contributed by atoms with van der Waals surface area (Å²) in [6.07, 6.45) is 1.79. The fourth-order valence-electron chi connectivity index (χ4n) is 1.97. The van der Waals surface area contributed by atoms with E-state index in [1.54, 1.807) is 23.0 Å². The van der Waals surface area contributed by atoms with Crippen molar-refractivity contribution in [2.45, 2.75) is 6.92 Å². The molecule has 0 radical (unpaired) electrons.